The molecule has 0 aromatic heterocycles. The summed E-state index contributed by atoms with van der Waals surface area (Å²) >= 11 is 5.82. The minimum atomic E-state index is -0.533. The SMILES string of the molecule is N#CC(CC(=O)c1ccc(Cl)cc1)c1ccc2c(c1)OCCO2. The molecule has 23 heavy (non-hydrogen) atoms. The summed E-state index contributed by atoms with van der Waals surface area (Å²) in [7, 11) is 0. The Morgan fingerprint density at radius 2 is 1.83 bits per heavy atom. The minimum Gasteiger partial charge on any atom is -0.486 e. The number of benzene rings is 2. The van der Waals surface area contributed by atoms with Crippen LogP contribution in [0.3, 0.4) is 0 Å². The maximum Gasteiger partial charge on any atom is 0.164 e. The van der Waals surface area contributed by atoms with Gasteiger partial charge in [0.2, 0.25) is 0 Å². The number of Topliss-reactive ketones (excluding diaryl/α,β-unsaturated/α-hetero) is 1. The molecule has 0 fully saturated rings. The van der Waals surface area contributed by atoms with Crippen LogP contribution in [0.5, 0.6) is 11.5 Å². The zero-order valence-electron chi connectivity index (χ0n) is 12.3. The number of carbonyl (C=O) groups is 1. The number of nitrogens with zero attached hydrogens (tertiary/aromatic N) is 1. The predicted octanol–water partition coefficient (Wildman–Crippen LogP) is 3.99. The van der Waals surface area contributed by atoms with Crippen molar-refractivity contribution in [2.24, 2.45) is 0 Å². The summed E-state index contributed by atoms with van der Waals surface area (Å²) in [6.07, 6.45) is 0.109. The van der Waals surface area contributed by atoms with Crippen molar-refractivity contribution in [2.75, 3.05) is 13.2 Å². The quantitative estimate of drug-likeness (QED) is 0.797. The molecule has 0 amide bonds. The Morgan fingerprint density at radius 3 is 2.52 bits per heavy atom. The van der Waals surface area contributed by atoms with Gasteiger partial charge in [0.05, 0.1) is 12.0 Å². The Balaban J connectivity index is 1.79. The van der Waals surface area contributed by atoms with Gasteiger partial charge in [-0.2, -0.15) is 5.26 Å². The van der Waals surface area contributed by atoms with E-state index in [1.165, 1.54) is 0 Å². The molecule has 5 heteroatoms. The standard InChI is InChI=1S/C18H14ClNO3/c19-15-4-1-12(2-5-15)16(21)9-14(11-20)13-3-6-17-18(10-13)23-8-7-22-17/h1-6,10,14H,7-9H2. The van der Waals surface area contributed by atoms with Crippen LogP contribution in [0.25, 0.3) is 0 Å². The van der Waals surface area contributed by atoms with Crippen molar-refractivity contribution in [3.05, 3.63) is 58.6 Å². The Hall–Kier alpha value is -2.51. The fraction of sp³-hybridized carbons (Fsp3) is 0.222. The molecule has 1 heterocycles. The molecule has 2 aromatic rings. The number of nitriles is 1. The van der Waals surface area contributed by atoms with Crippen LogP contribution in [0, 0.1) is 11.3 Å². The zero-order chi connectivity index (χ0) is 16.2. The molecule has 1 unspecified atom stereocenters. The van der Waals surface area contributed by atoms with Crippen LogP contribution in [0.2, 0.25) is 5.02 Å². The van der Waals surface area contributed by atoms with Gasteiger partial charge in [0, 0.05) is 17.0 Å². The molecule has 3 rings (SSSR count). The number of ketones is 1. The highest BCUT2D eigenvalue weighted by Gasteiger charge is 2.20. The van der Waals surface area contributed by atoms with Crippen molar-refractivity contribution in [1.29, 1.82) is 5.26 Å². The summed E-state index contributed by atoms with van der Waals surface area (Å²) in [4.78, 5) is 12.3. The second kappa shape index (κ2) is 6.72. The molecule has 0 saturated heterocycles. The van der Waals surface area contributed by atoms with Crippen molar-refractivity contribution in [3.8, 4) is 17.6 Å². The summed E-state index contributed by atoms with van der Waals surface area (Å²) < 4.78 is 11.0. The molecular weight excluding hydrogens is 314 g/mol. The molecule has 0 spiro atoms. The first kappa shape index (κ1) is 15.4. The van der Waals surface area contributed by atoms with Crippen LogP contribution in [0.1, 0.15) is 28.3 Å². The summed E-state index contributed by atoms with van der Waals surface area (Å²) in [6, 6.07) is 14.2. The lowest BCUT2D eigenvalue weighted by molar-refractivity contribution is 0.0979. The van der Waals surface area contributed by atoms with Gasteiger partial charge in [-0.05, 0) is 42.0 Å². The summed E-state index contributed by atoms with van der Waals surface area (Å²) in [5, 5.41) is 10.0. The molecule has 0 N–H and O–H groups in total. The van der Waals surface area contributed by atoms with E-state index in [9.17, 15) is 10.1 Å². The highest BCUT2D eigenvalue weighted by Crippen LogP contribution is 2.34. The largest absolute Gasteiger partial charge is 0.486 e. The van der Waals surface area contributed by atoms with Crippen LogP contribution < -0.4 is 9.47 Å². The number of fused-ring (bicyclic) bond motifs is 1. The van der Waals surface area contributed by atoms with E-state index in [-0.39, 0.29) is 12.2 Å². The van der Waals surface area contributed by atoms with Crippen LogP contribution in [-0.2, 0) is 0 Å². The number of carbonyl (C=O) groups excluding carboxylic acids is 1. The predicted molar refractivity (Wildman–Crippen MR) is 86.2 cm³/mol. The molecule has 4 nitrogen and oxygen atoms in total. The monoisotopic (exact) mass is 327 g/mol. The average Bonchev–Trinajstić information content (AvgIpc) is 2.59. The molecule has 116 valence electrons. The summed E-state index contributed by atoms with van der Waals surface area (Å²) in [5.41, 5.74) is 1.30. The lowest BCUT2D eigenvalue weighted by Crippen LogP contribution is -2.15. The number of ether oxygens (including phenoxy) is 2. The fourth-order valence-electron chi connectivity index (χ4n) is 2.45. The van der Waals surface area contributed by atoms with Gasteiger partial charge in [0.25, 0.3) is 0 Å². The lowest BCUT2D eigenvalue weighted by Gasteiger charge is -2.19. The first-order valence-electron chi connectivity index (χ1n) is 7.25. The van der Waals surface area contributed by atoms with Gasteiger partial charge in [-0.15, -0.1) is 0 Å². The summed E-state index contributed by atoms with van der Waals surface area (Å²) in [6.45, 7) is 1.00. The van der Waals surface area contributed by atoms with Gasteiger partial charge >= 0.3 is 0 Å². The van der Waals surface area contributed by atoms with E-state index in [2.05, 4.69) is 6.07 Å². The lowest BCUT2D eigenvalue weighted by atomic mass is 9.92. The maximum atomic E-state index is 12.3. The van der Waals surface area contributed by atoms with Crippen LogP contribution in [0.4, 0.5) is 0 Å². The molecular formula is C18H14ClNO3. The van der Waals surface area contributed by atoms with E-state index in [0.717, 1.165) is 5.56 Å². The van der Waals surface area contributed by atoms with Gasteiger partial charge in [-0.3, -0.25) is 4.79 Å². The van der Waals surface area contributed by atoms with Gasteiger partial charge in [-0.1, -0.05) is 17.7 Å². The zero-order valence-corrected chi connectivity index (χ0v) is 13.0. The molecule has 1 atom stereocenters. The maximum absolute atomic E-state index is 12.3. The van der Waals surface area contributed by atoms with E-state index in [1.54, 1.807) is 42.5 Å². The van der Waals surface area contributed by atoms with Gasteiger partial charge in [-0.25, -0.2) is 0 Å². The first-order chi connectivity index (χ1) is 11.2. The van der Waals surface area contributed by atoms with E-state index < -0.39 is 5.92 Å². The normalized spacial score (nSPS) is 13.9. The Labute approximate surface area is 139 Å². The molecule has 0 bridgehead atoms. The van der Waals surface area contributed by atoms with E-state index in [0.29, 0.717) is 35.3 Å². The molecule has 1 aliphatic heterocycles. The van der Waals surface area contributed by atoms with Gasteiger partial charge < -0.3 is 9.47 Å². The fourth-order valence-corrected chi connectivity index (χ4v) is 2.58. The van der Waals surface area contributed by atoms with Crippen LogP contribution in [-0.4, -0.2) is 19.0 Å². The van der Waals surface area contributed by atoms with Crippen LogP contribution in [0.15, 0.2) is 42.5 Å². The molecule has 0 aliphatic carbocycles. The molecule has 1 aliphatic rings. The van der Waals surface area contributed by atoms with Crippen molar-refractivity contribution >= 4 is 17.4 Å². The third-order valence-electron chi connectivity index (χ3n) is 3.68. The average molecular weight is 328 g/mol. The molecule has 0 radical (unpaired) electrons. The van der Waals surface area contributed by atoms with Gasteiger partial charge in [0.15, 0.2) is 17.3 Å². The highest BCUT2D eigenvalue weighted by atomic mass is 35.5. The molecule has 0 saturated carbocycles. The second-order valence-corrected chi connectivity index (χ2v) is 5.66. The summed E-state index contributed by atoms with van der Waals surface area (Å²) in [5.74, 6) is 0.658. The van der Waals surface area contributed by atoms with E-state index in [1.807, 2.05) is 0 Å². The van der Waals surface area contributed by atoms with Crippen LogP contribution >= 0.6 is 11.6 Å². The number of rotatable bonds is 4. The Morgan fingerprint density at radius 1 is 1.13 bits per heavy atom. The number of halogens is 1. The first-order valence-corrected chi connectivity index (χ1v) is 7.63. The van der Waals surface area contributed by atoms with E-state index >= 15 is 0 Å². The van der Waals surface area contributed by atoms with Crippen molar-refractivity contribution in [3.63, 3.8) is 0 Å². The molecule has 2 aromatic carbocycles. The number of hydrogen-bond donors (Lipinski definition) is 0. The van der Waals surface area contributed by atoms with Crippen molar-refractivity contribution in [2.45, 2.75) is 12.3 Å². The van der Waals surface area contributed by atoms with E-state index in [4.69, 9.17) is 21.1 Å². The Kier molecular flexibility index (Phi) is 4.50. The second-order valence-electron chi connectivity index (χ2n) is 5.22. The minimum absolute atomic E-state index is 0.0943. The Bertz CT molecular complexity index is 765. The topological polar surface area (TPSA) is 59.3 Å². The van der Waals surface area contributed by atoms with Gasteiger partial charge in [0.1, 0.15) is 13.2 Å². The smallest absolute Gasteiger partial charge is 0.164 e. The number of hydrogen-bond acceptors (Lipinski definition) is 4. The third kappa shape index (κ3) is 3.46. The third-order valence-corrected chi connectivity index (χ3v) is 3.93. The highest BCUT2D eigenvalue weighted by molar-refractivity contribution is 6.30. The van der Waals surface area contributed by atoms with Crippen molar-refractivity contribution < 1.29 is 14.3 Å². The van der Waals surface area contributed by atoms with Crippen molar-refractivity contribution in [1.82, 2.24) is 0 Å².